The summed E-state index contributed by atoms with van der Waals surface area (Å²) in [5.74, 6) is 0.670. The third-order valence-electron chi connectivity index (χ3n) is 1.85. The maximum Gasteiger partial charge on any atom is 0.0436 e. The maximum absolute atomic E-state index is 8.58. The van der Waals surface area contributed by atoms with Gasteiger partial charge in [-0.2, -0.15) is 0 Å². The summed E-state index contributed by atoms with van der Waals surface area (Å²) in [4.78, 5) is 0. The Labute approximate surface area is 56.4 Å². The second kappa shape index (κ2) is 3.67. The smallest absolute Gasteiger partial charge is 0.0436 e. The molecular weight excluding hydrogens is 112 g/mol. The molecule has 0 fully saturated rings. The van der Waals surface area contributed by atoms with Gasteiger partial charge in [0.05, 0.1) is 0 Å². The number of aliphatic hydroxyl groups excluding tert-OH is 1. The monoisotopic (exact) mass is 126 g/mol. The topological polar surface area (TPSA) is 20.2 Å². The van der Waals surface area contributed by atoms with E-state index in [0.29, 0.717) is 12.5 Å². The average Bonchev–Trinajstić information content (AvgIpc) is 1.91. The molecule has 0 saturated carbocycles. The van der Waals surface area contributed by atoms with Gasteiger partial charge in [-0.3, -0.25) is 0 Å². The van der Waals surface area contributed by atoms with Gasteiger partial charge in [0.1, 0.15) is 0 Å². The van der Waals surface area contributed by atoms with Crippen molar-refractivity contribution in [2.24, 2.45) is 5.92 Å². The highest BCUT2D eigenvalue weighted by Gasteiger charge is 2.05. The number of hydrogen-bond donors (Lipinski definition) is 1. The Hall–Kier alpha value is -0.300. The van der Waals surface area contributed by atoms with E-state index in [2.05, 4.69) is 12.2 Å². The summed E-state index contributed by atoms with van der Waals surface area (Å²) in [6.07, 6.45) is 9.24. The standard InChI is InChI=1S/C8H14O/c9-7-6-8-4-2-1-3-5-8/h2,4,8-9H,1,3,5-7H2/t8-/m1/s1. The summed E-state index contributed by atoms with van der Waals surface area (Å²) in [5, 5.41) is 8.58. The van der Waals surface area contributed by atoms with Crippen molar-refractivity contribution in [1.29, 1.82) is 0 Å². The van der Waals surface area contributed by atoms with Gasteiger partial charge in [-0.05, 0) is 31.6 Å². The average molecular weight is 126 g/mol. The Balaban J connectivity index is 2.23. The van der Waals surface area contributed by atoms with Crippen molar-refractivity contribution in [3.63, 3.8) is 0 Å². The van der Waals surface area contributed by atoms with Crippen molar-refractivity contribution in [2.75, 3.05) is 6.61 Å². The summed E-state index contributed by atoms with van der Waals surface area (Å²) < 4.78 is 0. The Morgan fingerprint density at radius 3 is 3.00 bits per heavy atom. The molecule has 9 heavy (non-hydrogen) atoms. The van der Waals surface area contributed by atoms with Crippen LogP contribution in [0.4, 0.5) is 0 Å². The van der Waals surface area contributed by atoms with E-state index in [0.717, 1.165) is 6.42 Å². The van der Waals surface area contributed by atoms with Crippen molar-refractivity contribution < 1.29 is 5.11 Å². The highest BCUT2D eigenvalue weighted by molar-refractivity contribution is 4.92. The highest BCUT2D eigenvalue weighted by Crippen LogP contribution is 2.19. The molecule has 0 spiro atoms. The molecule has 0 unspecified atom stereocenters. The number of rotatable bonds is 2. The largest absolute Gasteiger partial charge is 0.396 e. The van der Waals surface area contributed by atoms with Crippen LogP contribution in [-0.4, -0.2) is 11.7 Å². The van der Waals surface area contributed by atoms with Crippen molar-refractivity contribution in [3.8, 4) is 0 Å². The van der Waals surface area contributed by atoms with Gasteiger partial charge < -0.3 is 5.11 Å². The first-order chi connectivity index (χ1) is 4.43. The lowest BCUT2D eigenvalue weighted by Gasteiger charge is -2.13. The molecule has 52 valence electrons. The van der Waals surface area contributed by atoms with E-state index in [9.17, 15) is 0 Å². The van der Waals surface area contributed by atoms with Crippen molar-refractivity contribution in [3.05, 3.63) is 12.2 Å². The Bertz CT molecular complexity index is 96.7. The Kier molecular flexibility index (Phi) is 2.78. The zero-order valence-corrected chi connectivity index (χ0v) is 5.71. The van der Waals surface area contributed by atoms with Crippen LogP contribution in [0, 0.1) is 5.92 Å². The first-order valence-corrected chi connectivity index (χ1v) is 3.71. The molecule has 1 nitrogen and oxygen atoms in total. The molecule has 0 aliphatic heterocycles. The highest BCUT2D eigenvalue weighted by atomic mass is 16.3. The van der Waals surface area contributed by atoms with Crippen molar-refractivity contribution in [2.45, 2.75) is 25.7 Å². The first kappa shape index (κ1) is 6.81. The molecule has 1 heteroatoms. The van der Waals surface area contributed by atoms with Crippen molar-refractivity contribution in [1.82, 2.24) is 0 Å². The van der Waals surface area contributed by atoms with Crippen LogP contribution >= 0.6 is 0 Å². The van der Waals surface area contributed by atoms with Crippen LogP contribution < -0.4 is 0 Å². The Morgan fingerprint density at radius 2 is 2.44 bits per heavy atom. The van der Waals surface area contributed by atoms with Gasteiger partial charge in [0.15, 0.2) is 0 Å². The lowest BCUT2D eigenvalue weighted by Crippen LogP contribution is -2.02. The minimum absolute atomic E-state index is 0.342. The molecule has 0 heterocycles. The van der Waals surface area contributed by atoms with E-state index in [1.54, 1.807) is 0 Å². The number of allylic oxidation sites excluding steroid dienone is 2. The van der Waals surface area contributed by atoms with Gasteiger partial charge >= 0.3 is 0 Å². The summed E-state index contributed by atoms with van der Waals surface area (Å²) in [5.41, 5.74) is 0. The predicted octanol–water partition coefficient (Wildman–Crippen LogP) is 1.73. The van der Waals surface area contributed by atoms with Crippen LogP contribution in [0.1, 0.15) is 25.7 Å². The van der Waals surface area contributed by atoms with Gasteiger partial charge in [-0.25, -0.2) is 0 Å². The van der Waals surface area contributed by atoms with E-state index in [1.165, 1.54) is 19.3 Å². The van der Waals surface area contributed by atoms with Crippen molar-refractivity contribution >= 4 is 0 Å². The molecule has 0 aromatic heterocycles. The van der Waals surface area contributed by atoms with Crippen LogP contribution in [-0.2, 0) is 0 Å². The van der Waals surface area contributed by atoms with E-state index >= 15 is 0 Å². The molecule has 1 N–H and O–H groups in total. The second-order valence-electron chi connectivity index (χ2n) is 2.63. The van der Waals surface area contributed by atoms with Gasteiger partial charge in [-0.1, -0.05) is 12.2 Å². The molecule has 1 aliphatic carbocycles. The minimum Gasteiger partial charge on any atom is -0.396 e. The van der Waals surface area contributed by atoms with E-state index < -0.39 is 0 Å². The number of hydrogen-bond acceptors (Lipinski definition) is 1. The zero-order valence-electron chi connectivity index (χ0n) is 5.71. The van der Waals surface area contributed by atoms with Crippen LogP contribution in [0.3, 0.4) is 0 Å². The van der Waals surface area contributed by atoms with E-state index in [1.807, 2.05) is 0 Å². The fourth-order valence-corrected chi connectivity index (χ4v) is 1.29. The normalized spacial score (nSPS) is 26.6. The summed E-state index contributed by atoms with van der Waals surface area (Å²) in [6, 6.07) is 0. The Morgan fingerprint density at radius 1 is 1.56 bits per heavy atom. The molecule has 1 rings (SSSR count). The minimum atomic E-state index is 0.342. The van der Waals surface area contributed by atoms with Crippen LogP contribution in [0.2, 0.25) is 0 Å². The molecule has 1 atom stereocenters. The van der Waals surface area contributed by atoms with Gasteiger partial charge in [0.2, 0.25) is 0 Å². The molecule has 0 amide bonds. The SMILES string of the molecule is OCC[C@@H]1C=CCCC1. The third-order valence-corrected chi connectivity index (χ3v) is 1.85. The van der Waals surface area contributed by atoms with Gasteiger partial charge in [-0.15, -0.1) is 0 Å². The van der Waals surface area contributed by atoms with Gasteiger partial charge in [0.25, 0.3) is 0 Å². The molecular formula is C8H14O. The molecule has 0 saturated heterocycles. The summed E-state index contributed by atoms with van der Waals surface area (Å²) in [6.45, 7) is 0.342. The lowest BCUT2D eigenvalue weighted by molar-refractivity contribution is 0.264. The predicted molar refractivity (Wildman–Crippen MR) is 38.2 cm³/mol. The third kappa shape index (κ3) is 2.19. The molecule has 0 aromatic carbocycles. The maximum atomic E-state index is 8.58. The first-order valence-electron chi connectivity index (χ1n) is 3.71. The van der Waals surface area contributed by atoms with Crippen LogP contribution in [0.5, 0.6) is 0 Å². The summed E-state index contributed by atoms with van der Waals surface area (Å²) >= 11 is 0. The van der Waals surface area contributed by atoms with Crippen LogP contribution in [0.15, 0.2) is 12.2 Å². The molecule has 0 aromatic rings. The lowest BCUT2D eigenvalue weighted by atomic mass is 9.94. The fourth-order valence-electron chi connectivity index (χ4n) is 1.29. The molecule has 0 bridgehead atoms. The fraction of sp³-hybridized carbons (Fsp3) is 0.750. The van der Waals surface area contributed by atoms with Crippen LogP contribution in [0.25, 0.3) is 0 Å². The molecule has 1 aliphatic rings. The zero-order chi connectivity index (χ0) is 6.53. The summed E-state index contributed by atoms with van der Waals surface area (Å²) in [7, 11) is 0. The molecule has 0 radical (unpaired) electrons. The van der Waals surface area contributed by atoms with Gasteiger partial charge in [0, 0.05) is 6.61 Å². The van der Waals surface area contributed by atoms with E-state index in [4.69, 9.17) is 5.11 Å². The second-order valence-corrected chi connectivity index (χ2v) is 2.63. The quantitative estimate of drug-likeness (QED) is 0.558. The number of aliphatic hydroxyl groups is 1. The van der Waals surface area contributed by atoms with E-state index in [-0.39, 0.29) is 0 Å².